The molecule has 0 aliphatic carbocycles. The Labute approximate surface area is 138 Å². The van der Waals surface area contributed by atoms with E-state index in [2.05, 4.69) is 5.32 Å². The molecule has 2 rings (SSSR count). The molecule has 3 N–H and O–H groups in total. The van der Waals surface area contributed by atoms with Crippen LogP contribution in [0.15, 0.2) is 36.4 Å². The van der Waals surface area contributed by atoms with Gasteiger partial charge in [0.05, 0.1) is 10.5 Å². The number of nitrogens with one attached hydrogen (secondary N) is 1. The van der Waals surface area contributed by atoms with Crippen LogP contribution in [0.25, 0.3) is 0 Å². The van der Waals surface area contributed by atoms with Crippen molar-refractivity contribution in [1.29, 1.82) is 0 Å². The van der Waals surface area contributed by atoms with Crippen LogP contribution in [-0.2, 0) is 12.7 Å². The van der Waals surface area contributed by atoms with Gasteiger partial charge < -0.3 is 11.1 Å². The van der Waals surface area contributed by atoms with Crippen LogP contribution in [-0.4, -0.2) is 10.8 Å². The highest BCUT2D eigenvalue weighted by atomic mass is 19.4. The van der Waals surface area contributed by atoms with Gasteiger partial charge in [-0.3, -0.25) is 14.9 Å². The number of rotatable bonds is 5. The smallest absolute Gasteiger partial charge is 0.375 e. The highest BCUT2D eigenvalue weighted by Gasteiger charge is 2.33. The normalized spacial score (nSPS) is 11.2. The molecular weight excluding hydrogens is 346 g/mol. The van der Waals surface area contributed by atoms with Gasteiger partial charge in [-0.1, -0.05) is 6.07 Å². The van der Waals surface area contributed by atoms with Gasteiger partial charge in [0.25, 0.3) is 5.69 Å². The number of nitrogens with zero attached hydrogens (tertiary/aromatic N) is 1. The highest BCUT2D eigenvalue weighted by Crippen LogP contribution is 2.33. The summed E-state index contributed by atoms with van der Waals surface area (Å²) in [5, 5.41) is 13.6. The number of hydrogen-bond acceptors (Lipinski definition) is 4. The molecule has 0 atom stereocenters. The van der Waals surface area contributed by atoms with Gasteiger partial charge in [-0.05, 0) is 29.8 Å². The van der Waals surface area contributed by atoms with E-state index < -0.39 is 40.6 Å². The number of halogens is 4. The van der Waals surface area contributed by atoms with Crippen LogP contribution in [0.3, 0.4) is 0 Å². The van der Waals surface area contributed by atoms with Crippen LogP contribution in [0.1, 0.15) is 21.5 Å². The third kappa shape index (κ3) is 4.22. The third-order valence-corrected chi connectivity index (χ3v) is 3.33. The standard InChI is InChI=1S/C15H11F4N3O3/c16-10-3-1-9(11(6-10)15(17,18)19)7-21-12-4-2-8(14(20)23)5-13(12)22(24)25/h1-6,21H,7H2,(H2,20,23). The molecule has 0 saturated heterocycles. The third-order valence-electron chi connectivity index (χ3n) is 3.33. The zero-order valence-electron chi connectivity index (χ0n) is 12.4. The fraction of sp³-hybridized carbons (Fsp3) is 0.133. The van der Waals surface area contributed by atoms with Crippen molar-refractivity contribution in [3.8, 4) is 0 Å². The summed E-state index contributed by atoms with van der Waals surface area (Å²) in [6.07, 6.45) is -4.78. The monoisotopic (exact) mass is 357 g/mol. The molecule has 0 aromatic heterocycles. The Kier molecular flexibility index (Phi) is 4.91. The Morgan fingerprint density at radius 1 is 1.20 bits per heavy atom. The highest BCUT2D eigenvalue weighted by molar-refractivity contribution is 5.94. The molecular formula is C15H11F4N3O3. The number of benzene rings is 2. The van der Waals surface area contributed by atoms with Crippen LogP contribution in [0.2, 0.25) is 0 Å². The van der Waals surface area contributed by atoms with Crippen LogP contribution in [0.4, 0.5) is 28.9 Å². The van der Waals surface area contributed by atoms with Crippen molar-refractivity contribution in [2.24, 2.45) is 5.73 Å². The van der Waals surface area contributed by atoms with E-state index in [-0.39, 0.29) is 16.8 Å². The van der Waals surface area contributed by atoms with E-state index in [9.17, 15) is 32.5 Å². The average molecular weight is 357 g/mol. The summed E-state index contributed by atoms with van der Waals surface area (Å²) >= 11 is 0. The second kappa shape index (κ2) is 6.75. The molecule has 0 radical (unpaired) electrons. The second-order valence-electron chi connectivity index (χ2n) is 5.01. The fourth-order valence-corrected chi connectivity index (χ4v) is 2.14. The van der Waals surface area contributed by atoms with Crippen LogP contribution in [0, 0.1) is 15.9 Å². The number of anilines is 1. The van der Waals surface area contributed by atoms with Crippen LogP contribution >= 0.6 is 0 Å². The Bertz CT molecular complexity index is 837. The molecule has 0 saturated carbocycles. The quantitative estimate of drug-likeness (QED) is 0.486. The van der Waals surface area contributed by atoms with Gasteiger partial charge in [0.2, 0.25) is 5.91 Å². The Morgan fingerprint density at radius 3 is 2.44 bits per heavy atom. The van der Waals surface area contributed by atoms with Gasteiger partial charge in [0, 0.05) is 18.2 Å². The predicted octanol–water partition coefficient (Wildman–Crippen LogP) is 3.46. The average Bonchev–Trinajstić information content (AvgIpc) is 2.52. The summed E-state index contributed by atoms with van der Waals surface area (Å²) in [4.78, 5) is 21.3. The molecule has 132 valence electrons. The number of primary amides is 1. The number of nitro benzene ring substituents is 1. The maximum atomic E-state index is 13.1. The zero-order valence-corrected chi connectivity index (χ0v) is 12.4. The topological polar surface area (TPSA) is 98.3 Å². The molecule has 0 fully saturated rings. The predicted molar refractivity (Wildman–Crippen MR) is 80.3 cm³/mol. The lowest BCUT2D eigenvalue weighted by atomic mass is 10.1. The lowest BCUT2D eigenvalue weighted by molar-refractivity contribution is -0.384. The maximum absolute atomic E-state index is 13.1. The van der Waals surface area contributed by atoms with E-state index in [4.69, 9.17) is 5.73 Å². The summed E-state index contributed by atoms with van der Waals surface area (Å²) in [7, 11) is 0. The molecule has 0 aliphatic rings. The first-order valence-corrected chi connectivity index (χ1v) is 6.77. The van der Waals surface area contributed by atoms with E-state index in [1.165, 1.54) is 6.07 Å². The van der Waals surface area contributed by atoms with Crippen molar-refractivity contribution in [2.45, 2.75) is 12.7 Å². The first kappa shape index (κ1) is 18.2. The summed E-state index contributed by atoms with van der Waals surface area (Å²) in [6, 6.07) is 5.43. The molecule has 0 spiro atoms. The van der Waals surface area contributed by atoms with Gasteiger partial charge in [-0.25, -0.2) is 4.39 Å². The lowest BCUT2D eigenvalue weighted by Crippen LogP contribution is -2.14. The van der Waals surface area contributed by atoms with Crippen LogP contribution in [0.5, 0.6) is 0 Å². The molecule has 25 heavy (non-hydrogen) atoms. The van der Waals surface area contributed by atoms with Gasteiger partial charge in [-0.2, -0.15) is 13.2 Å². The minimum absolute atomic E-state index is 0.104. The summed E-state index contributed by atoms with van der Waals surface area (Å²) in [5.74, 6) is -1.93. The molecule has 10 heteroatoms. The molecule has 0 bridgehead atoms. The Balaban J connectivity index is 2.34. The van der Waals surface area contributed by atoms with Gasteiger partial charge >= 0.3 is 6.18 Å². The van der Waals surface area contributed by atoms with Crippen molar-refractivity contribution in [3.63, 3.8) is 0 Å². The molecule has 0 aliphatic heterocycles. The summed E-state index contributed by atoms with van der Waals surface area (Å²) < 4.78 is 51.9. The van der Waals surface area contributed by atoms with E-state index in [1.807, 2.05) is 0 Å². The Hall–Kier alpha value is -3.17. The van der Waals surface area contributed by atoms with E-state index in [0.717, 1.165) is 24.3 Å². The second-order valence-corrected chi connectivity index (χ2v) is 5.01. The lowest BCUT2D eigenvalue weighted by Gasteiger charge is -2.14. The van der Waals surface area contributed by atoms with Crippen molar-refractivity contribution in [2.75, 3.05) is 5.32 Å². The van der Waals surface area contributed by atoms with Gasteiger partial charge in [0.15, 0.2) is 0 Å². The SMILES string of the molecule is NC(=O)c1ccc(NCc2ccc(F)cc2C(F)(F)F)c([N+](=O)[O-])c1. The number of hydrogen-bond donors (Lipinski definition) is 2. The first-order chi connectivity index (χ1) is 11.6. The first-order valence-electron chi connectivity index (χ1n) is 6.77. The van der Waals surface area contributed by atoms with Crippen molar-refractivity contribution in [1.82, 2.24) is 0 Å². The zero-order chi connectivity index (χ0) is 18.8. The number of amides is 1. The number of carbonyl (C=O) groups excluding carboxylic acids is 1. The fourth-order valence-electron chi connectivity index (χ4n) is 2.14. The molecule has 2 aromatic carbocycles. The van der Waals surface area contributed by atoms with Crippen molar-refractivity contribution >= 4 is 17.3 Å². The number of nitro groups is 1. The summed E-state index contributed by atoms with van der Waals surface area (Å²) in [5.41, 5.74) is 2.82. The molecule has 0 heterocycles. The van der Waals surface area contributed by atoms with Crippen LogP contribution < -0.4 is 11.1 Å². The largest absolute Gasteiger partial charge is 0.416 e. The number of carbonyl (C=O) groups is 1. The molecule has 2 aromatic rings. The minimum Gasteiger partial charge on any atom is -0.375 e. The number of alkyl halides is 3. The molecule has 0 unspecified atom stereocenters. The van der Waals surface area contributed by atoms with E-state index >= 15 is 0 Å². The maximum Gasteiger partial charge on any atom is 0.416 e. The van der Waals surface area contributed by atoms with E-state index in [1.54, 1.807) is 0 Å². The molecule has 6 nitrogen and oxygen atoms in total. The minimum atomic E-state index is -4.78. The number of nitrogens with two attached hydrogens (primary N) is 1. The van der Waals surface area contributed by atoms with E-state index in [0.29, 0.717) is 6.07 Å². The molecule has 1 amide bonds. The van der Waals surface area contributed by atoms with Gasteiger partial charge in [-0.15, -0.1) is 0 Å². The summed E-state index contributed by atoms with van der Waals surface area (Å²) in [6.45, 7) is -0.439. The van der Waals surface area contributed by atoms with Gasteiger partial charge in [0.1, 0.15) is 11.5 Å². The van der Waals surface area contributed by atoms with Crippen molar-refractivity contribution < 1.29 is 27.3 Å². The Morgan fingerprint density at radius 2 is 1.88 bits per heavy atom. The van der Waals surface area contributed by atoms with Crippen molar-refractivity contribution in [3.05, 3.63) is 69.0 Å².